The molecule has 0 aromatic carbocycles. The number of esters is 1. The summed E-state index contributed by atoms with van der Waals surface area (Å²) in [6, 6.07) is 0. The number of ketones is 3. The molecule has 0 saturated heterocycles. The molecule has 0 heterocycles. The Morgan fingerprint density at radius 2 is 1.65 bits per heavy atom. The molecule has 0 amide bonds. The standard InChI is InChI=1S/C32H46O8/c1-17(33)40-27(2,3)13-12-23(36)32(9,39)25-21(35)15-29(6)22-11-10-18-19(14-20(34)26(38)28(18,4)5)31(22,8)24(37)16-30(25,29)7/h10,12-13,19-22,25,34-35,39H,11,14-16H2,1-9H3/t19-,20+,21-,22+,25+,29+,30-,31+,32+/m1/s1. The molecule has 0 unspecified atom stereocenters. The lowest BCUT2D eigenvalue weighted by Crippen LogP contribution is -2.65. The van der Waals surface area contributed by atoms with Crippen molar-refractivity contribution in [2.75, 3.05) is 0 Å². The molecular weight excluding hydrogens is 512 g/mol. The van der Waals surface area contributed by atoms with Gasteiger partial charge in [-0.2, -0.15) is 0 Å². The van der Waals surface area contributed by atoms with E-state index in [1.807, 2.05) is 27.7 Å². The Bertz CT molecular complexity index is 1210. The summed E-state index contributed by atoms with van der Waals surface area (Å²) in [5.74, 6) is -2.85. The maximum Gasteiger partial charge on any atom is 0.303 e. The van der Waals surface area contributed by atoms with E-state index in [4.69, 9.17) is 4.74 Å². The number of Topliss-reactive ketones (excluding diaryl/α,β-unsaturated/α-hetero) is 2. The normalized spacial score (nSPS) is 42.4. The van der Waals surface area contributed by atoms with Crippen LogP contribution in [0.1, 0.15) is 88.0 Å². The molecule has 0 spiro atoms. The first-order chi connectivity index (χ1) is 18.1. The zero-order valence-electron chi connectivity index (χ0n) is 25.3. The maximum absolute atomic E-state index is 14.3. The summed E-state index contributed by atoms with van der Waals surface area (Å²) in [6.07, 6.45) is 3.55. The Morgan fingerprint density at radius 3 is 2.23 bits per heavy atom. The van der Waals surface area contributed by atoms with Crippen molar-refractivity contribution < 1.29 is 39.2 Å². The molecule has 40 heavy (non-hydrogen) atoms. The highest BCUT2D eigenvalue weighted by atomic mass is 16.6. The van der Waals surface area contributed by atoms with Crippen molar-refractivity contribution in [2.45, 2.75) is 111 Å². The van der Waals surface area contributed by atoms with Crippen molar-refractivity contribution in [1.29, 1.82) is 0 Å². The average Bonchev–Trinajstić information content (AvgIpc) is 3.01. The fraction of sp³-hybridized carbons (Fsp3) is 0.750. The van der Waals surface area contributed by atoms with Gasteiger partial charge in [-0.3, -0.25) is 19.2 Å². The third-order valence-corrected chi connectivity index (χ3v) is 11.5. The Kier molecular flexibility index (Phi) is 7.06. The van der Waals surface area contributed by atoms with E-state index < -0.39 is 62.7 Å². The number of hydrogen-bond acceptors (Lipinski definition) is 8. The van der Waals surface area contributed by atoms with Crippen LogP contribution in [0.15, 0.2) is 23.8 Å². The van der Waals surface area contributed by atoms with Crippen LogP contribution in [0, 0.1) is 39.4 Å². The second-order valence-electron chi connectivity index (χ2n) is 14.8. The first kappa shape index (κ1) is 30.8. The molecule has 3 N–H and O–H groups in total. The molecule has 0 radical (unpaired) electrons. The van der Waals surface area contributed by atoms with Gasteiger partial charge in [0, 0.05) is 30.1 Å². The van der Waals surface area contributed by atoms with E-state index in [0.29, 0.717) is 12.8 Å². The van der Waals surface area contributed by atoms with E-state index in [-0.39, 0.29) is 36.2 Å². The van der Waals surface area contributed by atoms with Gasteiger partial charge >= 0.3 is 5.97 Å². The van der Waals surface area contributed by atoms with Crippen LogP contribution in [-0.4, -0.2) is 62.0 Å². The van der Waals surface area contributed by atoms with Gasteiger partial charge in [0.1, 0.15) is 23.1 Å². The van der Waals surface area contributed by atoms with Gasteiger partial charge in [0.15, 0.2) is 11.6 Å². The highest BCUT2D eigenvalue weighted by Gasteiger charge is 2.74. The maximum atomic E-state index is 14.3. The van der Waals surface area contributed by atoms with Gasteiger partial charge in [0.05, 0.1) is 6.10 Å². The van der Waals surface area contributed by atoms with Crippen LogP contribution in [0.3, 0.4) is 0 Å². The molecule has 9 atom stereocenters. The van der Waals surface area contributed by atoms with Gasteiger partial charge in [0.25, 0.3) is 0 Å². The lowest BCUT2D eigenvalue weighted by Gasteiger charge is -2.64. The summed E-state index contributed by atoms with van der Waals surface area (Å²) < 4.78 is 5.23. The van der Waals surface area contributed by atoms with Gasteiger partial charge in [-0.25, -0.2) is 0 Å². The first-order valence-corrected chi connectivity index (χ1v) is 14.4. The summed E-state index contributed by atoms with van der Waals surface area (Å²) in [4.78, 5) is 52.1. The molecule has 3 fully saturated rings. The van der Waals surface area contributed by atoms with Gasteiger partial charge < -0.3 is 20.1 Å². The number of aliphatic hydroxyl groups is 3. The number of carbonyl (C=O) groups excluding carboxylic acids is 4. The lowest BCUT2D eigenvalue weighted by atomic mass is 9.38. The van der Waals surface area contributed by atoms with Crippen LogP contribution >= 0.6 is 0 Å². The molecule has 222 valence electrons. The number of allylic oxidation sites excluding steroid dienone is 2. The number of fused-ring (bicyclic) bond motifs is 5. The monoisotopic (exact) mass is 558 g/mol. The number of aliphatic hydroxyl groups excluding tert-OH is 2. The highest BCUT2D eigenvalue weighted by Crippen LogP contribution is 2.74. The van der Waals surface area contributed by atoms with Crippen LogP contribution in [0.2, 0.25) is 0 Å². The molecule has 0 bridgehead atoms. The van der Waals surface area contributed by atoms with Crippen LogP contribution in [0.4, 0.5) is 0 Å². The van der Waals surface area contributed by atoms with Crippen LogP contribution < -0.4 is 0 Å². The van der Waals surface area contributed by atoms with Crippen LogP contribution in [0.25, 0.3) is 0 Å². The lowest BCUT2D eigenvalue weighted by molar-refractivity contribution is -0.183. The van der Waals surface area contributed by atoms with E-state index in [9.17, 15) is 34.5 Å². The Balaban J connectivity index is 1.75. The molecule has 4 rings (SSSR count). The second-order valence-corrected chi connectivity index (χ2v) is 14.8. The first-order valence-electron chi connectivity index (χ1n) is 14.4. The van der Waals surface area contributed by atoms with E-state index in [1.165, 1.54) is 26.0 Å². The Hall–Kier alpha value is -2.16. The average molecular weight is 559 g/mol. The quantitative estimate of drug-likeness (QED) is 0.265. The summed E-state index contributed by atoms with van der Waals surface area (Å²) in [5.41, 5.74) is -5.43. The van der Waals surface area contributed by atoms with Gasteiger partial charge in [-0.05, 0) is 88.7 Å². The third kappa shape index (κ3) is 4.11. The molecule has 0 aromatic heterocycles. The summed E-state index contributed by atoms with van der Waals surface area (Å²) in [6.45, 7) is 15.4. The minimum Gasteiger partial charge on any atom is -0.456 e. The number of ether oxygens (including phenoxy) is 1. The highest BCUT2D eigenvalue weighted by molar-refractivity contribution is 5.98. The van der Waals surface area contributed by atoms with E-state index in [0.717, 1.165) is 5.57 Å². The largest absolute Gasteiger partial charge is 0.456 e. The molecule has 4 aliphatic rings. The van der Waals surface area contributed by atoms with Crippen molar-refractivity contribution in [3.05, 3.63) is 23.8 Å². The Labute approximate surface area is 237 Å². The van der Waals surface area contributed by atoms with E-state index >= 15 is 0 Å². The van der Waals surface area contributed by atoms with Crippen molar-refractivity contribution >= 4 is 23.3 Å². The topological polar surface area (TPSA) is 138 Å². The number of rotatable bonds is 5. The van der Waals surface area contributed by atoms with Gasteiger partial charge in [-0.1, -0.05) is 32.4 Å². The predicted molar refractivity (Wildman–Crippen MR) is 148 cm³/mol. The molecule has 4 aliphatic carbocycles. The smallest absolute Gasteiger partial charge is 0.303 e. The van der Waals surface area contributed by atoms with Crippen molar-refractivity contribution in [3.63, 3.8) is 0 Å². The molecule has 8 heteroatoms. The summed E-state index contributed by atoms with van der Waals surface area (Å²) in [7, 11) is 0. The van der Waals surface area contributed by atoms with Crippen molar-refractivity contribution in [1.82, 2.24) is 0 Å². The van der Waals surface area contributed by atoms with E-state index in [1.54, 1.807) is 13.8 Å². The zero-order valence-corrected chi connectivity index (χ0v) is 25.3. The molecule has 8 nitrogen and oxygen atoms in total. The van der Waals surface area contributed by atoms with Crippen LogP contribution in [0.5, 0.6) is 0 Å². The fourth-order valence-corrected chi connectivity index (χ4v) is 9.40. The van der Waals surface area contributed by atoms with Crippen molar-refractivity contribution in [2.24, 2.45) is 39.4 Å². The fourth-order valence-electron chi connectivity index (χ4n) is 9.40. The number of carbonyl (C=O) groups is 4. The molecule has 0 aliphatic heterocycles. The molecular formula is C32H46O8. The SMILES string of the molecule is CC(=O)OC(C)(C)C=CC(=O)[C@](C)(O)[C@H]1[C@H](O)C[C@@]2(C)[C@@H]3CC=C4[C@@H](C[C@H](O)C(=O)C4(C)C)[C@]3(C)C(=O)C[C@]12C. The van der Waals surface area contributed by atoms with Crippen molar-refractivity contribution in [3.8, 4) is 0 Å². The minimum atomic E-state index is -1.99. The summed E-state index contributed by atoms with van der Waals surface area (Å²) in [5, 5.41) is 34.0. The minimum absolute atomic E-state index is 0.0284. The zero-order chi connectivity index (χ0) is 30.4. The summed E-state index contributed by atoms with van der Waals surface area (Å²) >= 11 is 0. The van der Waals surface area contributed by atoms with Gasteiger partial charge in [0.2, 0.25) is 0 Å². The van der Waals surface area contributed by atoms with Crippen LogP contribution in [-0.2, 0) is 23.9 Å². The second kappa shape index (κ2) is 9.17. The predicted octanol–water partition coefficient (Wildman–Crippen LogP) is 3.50. The van der Waals surface area contributed by atoms with E-state index in [2.05, 4.69) is 13.0 Å². The third-order valence-electron chi connectivity index (χ3n) is 11.5. The molecule has 0 aromatic rings. The Morgan fingerprint density at radius 1 is 1.05 bits per heavy atom. The van der Waals surface area contributed by atoms with Gasteiger partial charge in [-0.15, -0.1) is 0 Å². The number of hydrogen-bond donors (Lipinski definition) is 3. The molecule has 3 saturated carbocycles.